The molecule has 3 N–H and O–H groups in total. The van der Waals surface area contributed by atoms with Crippen LogP contribution < -0.4 is 0 Å². The molecule has 6 atom stereocenters. The Bertz CT molecular complexity index is 1780. The van der Waals surface area contributed by atoms with Crippen molar-refractivity contribution in [3.8, 4) is 0 Å². The lowest BCUT2D eigenvalue weighted by atomic mass is 10.00. The normalized spacial score (nSPS) is 14.6. The van der Waals surface area contributed by atoms with Gasteiger partial charge < -0.3 is 33.8 Å². The third-order valence-electron chi connectivity index (χ3n) is 16.7. The first-order valence-electron chi connectivity index (χ1n) is 36.7. The molecule has 0 aliphatic rings. The molecule has 3 unspecified atom stereocenters. The highest BCUT2D eigenvalue weighted by Crippen LogP contribution is 2.45. The molecular weight excluding hydrogens is 1190 g/mol. The van der Waals surface area contributed by atoms with Crippen molar-refractivity contribution >= 4 is 39.5 Å². The Labute approximate surface area is 549 Å². The summed E-state index contributed by atoms with van der Waals surface area (Å²) in [4.78, 5) is 72.6. The second-order valence-electron chi connectivity index (χ2n) is 27.3. The predicted octanol–water partition coefficient (Wildman–Crippen LogP) is 20.1. The van der Waals surface area contributed by atoms with Crippen LogP contribution in [0.15, 0.2) is 0 Å². The van der Waals surface area contributed by atoms with Crippen LogP contribution in [0.1, 0.15) is 351 Å². The Hall–Kier alpha value is -1.94. The molecule has 0 spiro atoms. The van der Waals surface area contributed by atoms with E-state index < -0.39 is 97.5 Å². The number of unbranched alkanes of at least 4 members (excludes halogenated alkanes) is 33. The van der Waals surface area contributed by atoms with Gasteiger partial charge >= 0.3 is 39.5 Å². The summed E-state index contributed by atoms with van der Waals surface area (Å²) in [5.74, 6) is 0.867. The van der Waals surface area contributed by atoms with Gasteiger partial charge in [-0.25, -0.2) is 9.13 Å². The van der Waals surface area contributed by atoms with Crippen LogP contribution in [0.4, 0.5) is 0 Å². The molecule has 17 nitrogen and oxygen atoms in total. The van der Waals surface area contributed by atoms with Crippen LogP contribution >= 0.6 is 15.6 Å². The molecule has 19 heteroatoms. The van der Waals surface area contributed by atoms with Crippen LogP contribution in [0.25, 0.3) is 0 Å². The Balaban J connectivity index is 5.25. The number of hydrogen-bond donors (Lipinski definition) is 3. The maximum absolute atomic E-state index is 13.0. The number of aliphatic hydroxyl groups excluding tert-OH is 1. The minimum atomic E-state index is -4.95. The van der Waals surface area contributed by atoms with Crippen LogP contribution in [0.5, 0.6) is 0 Å². The van der Waals surface area contributed by atoms with Crippen molar-refractivity contribution in [3.63, 3.8) is 0 Å². The van der Waals surface area contributed by atoms with Gasteiger partial charge in [0.2, 0.25) is 0 Å². The van der Waals surface area contributed by atoms with Gasteiger partial charge in [-0.05, 0) is 49.4 Å². The third kappa shape index (κ3) is 63.5. The standard InChI is InChI=1S/C71H138O17P2/c1-9-64(8)50-42-34-29-30-36-44-52-69(74)82-58-67(87-70(75)53-45-37-27-20-15-11-10-13-17-23-31-39-47-61(2)3)60-86-90(79,80)84-56-65(72)55-83-89(77,78)85-59-66(88-71(76)54-46-38-28-22-21-25-33-41-49-63(6)7)57-81-68(73)51-43-35-26-19-16-12-14-18-24-32-40-48-62(4)5/h61-67,72H,9-60H2,1-8H3,(H,77,78)(H,79,80)/t64?,65-,66-,67-/m1/s1. The lowest BCUT2D eigenvalue weighted by molar-refractivity contribution is -0.161. The van der Waals surface area contributed by atoms with Crippen molar-refractivity contribution < 1.29 is 80.2 Å². The van der Waals surface area contributed by atoms with Gasteiger partial charge in [-0.3, -0.25) is 37.3 Å². The fraction of sp³-hybridized carbons (Fsp3) is 0.944. The number of carbonyl (C=O) groups excluding carboxylic acids is 4. The lowest BCUT2D eigenvalue weighted by Gasteiger charge is -2.21. The van der Waals surface area contributed by atoms with Gasteiger partial charge in [0.1, 0.15) is 19.3 Å². The van der Waals surface area contributed by atoms with E-state index in [1.165, 1.54) is 148 Å². The third-order valence-corrected chi connectivity index (χ3v) is 18.6. The van der Waals surface area contributed by atoms with Gasteiger partial charge in [0.15, 0.2) is 12.2 Å². The fourth-order valence-electron chi connectivity index (χ4n) is 10.6. The first-order valence-corrected chi connectivity index (χ1v) is 39.7. The maximum atomic E-state index is 13.0. The van der Waals surface area contributed by atoms with E-state index in [0.29, 0.717) is 25.7 Å². The van der Waals surface area contributed by atoms with Crippen LogP contribution in [-0.2, 0) is 65.4 Å². The summed E-state index contributed by atoms with van der Waals surface area (Å²) < 4.78 is 68.3. The molecule has 0 saturated heterocycles. The van der Waals surface area contributed by atoms with Gasteiger partial charge in [-0.15, -0.1) is 0 Å². The molecule has 0 rings (SSSR count). The molecule has 0 fully saturated rings. The minimum Gasteiger partial charge on any atom is -0.462 e. The van der Waals surface area contributed by atoms with E-state index >= 15 is 0 Å². The predicted molar refractivity (Wildman–Crippen MR) is 363 cm³/mol. The Morgan fingerprint density at radius 1 is 0.311 bits per heavy atom. The molecule has 534 valence electrons. The monoisotopic (exact) mass is 1320 g/mol. The molecule has 0 aromatic heterocycles. The van der Waals surface area contributed by atoms with E-state index in [0.717, 1.165) is 120 Å². The van der Waals surface area contributed by atoms with Gasteiger partial charge in [-0.2, -0.15) is 0 Å². The zero-order chi connectivity index (χ0) is 66.8. The van der Waals surface area contributed by atoms with Crippen LogP contribution in [0.3, 0.4) is 0 Å². The van der Waals surface area contributed by atoms with E-state index in [9.17, 15) is 43.2 Å². The zero-order valence-corrected chi connectivity index (χ0v) is 60.6. The topological polar surface area (TPSA) is 237 Å². The summed E-state index contributed by atoms with van der Waals surface area (Å²) in [7, 11) is -9.90. The number of phosphoric acid groups is 2. The summed E-state index contributed by atoms with van der Waals surface area (Å²) in [5.41, 5.74) is 0. The average molecular weight is 1330 g/mol. The quantitative estimate of drug-likeness (QED) is 0.0222. The van der Waals surface area contributed by atoms with Gasteiger partial charge in [-0.1, -0.05) is 299 Å². The summed E-state index contributed by atoms with van der Waals surface area (Å²) in [6.07, 6.45) is 43.1. The van der Waals surface area contributed by atoms with E-state index in [1.807, 2.05) is 0 Å². The van der Waals surface area contributed by atoms with E-state index in [4.69, 9.17) is 37.0 Å². The molecule has 90 heavy (non-hydrogen) atoms. The number of ether oxygens (including phenoxy) is 4. The second-order valence-corrected chi connectivity index (χ2v) is 30.2. The highest BCUT2D eigenvalue weighted by molar-refractivity contribution is 7.47. The molecular formula is C71H138O17P2. The average Bonchev–Trinajstić information content (AvgIpc) is 3.64. The molecule has 0 bridgehead atoms. The summed E-state index contributed by atoms with van der Waals surface area (Å²) in [5, 5.41) is 10.6. The lowest BCUT2D eigenvalue weighted by Crippen LogP contribution is -2.30. The number of phosphoric ester groups is 2. The van der Waals surface area contributed by atoms with Gasteiger partial charge in [0.25, 0.3) is 0 Å². The first kappa shape index (κ1) is 88.1. The number of carbonyl (C=O) groups is 4. The van der Waals surface area contributed by atoms with Crippen molar-refractivity contribution in [3.05, 3.63) is 0 Å². The fourth-order valence-corrected chi connectivity index (χ4v) is 12.2. The van der Waals surface area contributed by atoms with Crippen molar-refractivity contribution in [2.45, 2.75) is 369 Å². The highest BCUT2D eigenvalue weighted by Gasteiger charge is 2.30. The molecule has 0 amide bonds. The molecule has 0 aliphatic heterocycles. The Kier molecular flexibility index (Phi) is 59.4. The largest absolute Gasteiger partial charge is 0.472 e. The highest BCUT2D eigenvalue weighted by atomic mass is 31.2. The zero-order valence-electron chi connectivity index (χ0n) is 58.8. The number of esters is 4. The summed E-state index contributed by atoms with van der Waals surface area (Å²) in [6.45, 7) is 14.1. The van der Waals surface area contributed by atoms with Crippen LogP contribution in [0.2, 0.25) is 0 Å². The SMILES string of the molecule is CCC(C)CCCCCCCCC(=O)OC[C@H](COP(=O)(O)OC[C@H](O)COP(=O)(O)OC[C@@H](COC(=O)CCCCCCCCCCCCCC(C)C)OC(=O)CCCCCCCCCCC(C)C)OC(=O)CCCCCCCCCCCCCCC(C)C. The molecule has 0 saturated carbocycles. The first-order chi connectivity index (χ1) is 43.1. The van der Waals surface area contributed by atoms with Crippen molar-refractivity contribution in [1.82, 2.24) is 0 Å². The number of aliphatic hydroxyl groups is 1. The van der Waals surface area contributed by atoms with Crippen molar-refractivity contribution in [2.75, 3.05) is 39.6 Å². The second kappa shape index (κ2) is 60.7. The molecule has 0 aromatic carbocycles. The molecule has 0 radical (unpaired) electrons. The Morgan fingerprint density at radius 3 is 0.789 bits per heavy atom. The van der Waals surface area contributed by atoms with E-state index in [-0.39, 0.29) is 25.7 Å². The smallest absolute Gasteiger partial charge is 0.462 e. The van der Waals surface area contributed by atoms with Crippen LogP contribution in [0, 0.1) is 23.7 Å². The molecule has 0 heterocycles. The number of rotatable bonds is 68. The molecule has 0 aliphatic carbocycles. The van der Waals surface area contributed by atoms with Gasteiger partial charge in [0.05, 0.1) is 26.4 Å². The van der Waals surface area contributed by atoms with E-state index in [2.05, 4.69) is 55.4 Å². The minimum absolute atomic E-state index is 0.104. The van der Waals surface area contributed by atoms with Crippen molar-refractivity contribution in [1.29, 1.82) is 0 Å². The number of hydrogen-bond acceptors (Lipinski definition) is 15. The maximum Gasteiger partial charge on any atom is 0.472 e. The van der Waals surface area contributed by atoms with E-state index in [1.54, 1.807) is 0 Å². The van der Waals surface area contributed by atoms with Gasteiger partial charge in [0, 0.05) is 25.7 Å². The molecule has 0 aromatic rings. The summed E-state index contributed by atoms with van der Waals surface area (Å²) in [6, 6.07) is 0. The summed E-state index contributed by atoms with van der Waals surface area (Å²) >= 11 is 0. The van der Waals surface area contributed by atoms with Crippen LogP contribution in [-0.4, -0.2) is 96.7 Å². The Morgan fingerprint density at radius 2 is 0.533 bits per heavy atom. The van der Waals surface area contributed by atoms with Crippen molar-refractivity contribution in [2.24, 2.45) is 23.7 Å².